The summed E-state index contributed by atoms with van der Waals surface area (Å²) in [5.74, 6) is -0.163. The second kappa shape index (κ2) is 5.98. The average molecular weight is 285 g/mol. The van der Waals surface area contributed by atoms with Gasteiger partial charge in [0.05, 0.1) is 6.04 Å². The van der Waals surface area contributed by atoms with E-state index in [2.05, 4.69) is 38.2 Å². The molecule has 2 aromatic rings. The maximum absolute atomic E-state index is 14.3. The van der Waals surface area contributed by atoms with Crippen molar-refractivity contribution in [3.63, 3.8) is 0 Å². The lowest BCUT2D eigenvalue weighted by molar-refractivity contribution is 0.547. The number of benzene rings is 2. The summed E-state index contributed by atoms with van der Waals surface area (Å²) in [6, 6.07) is 13.4. The van der Waals surface area contributed by atoms with Crippen molar-refractivity contribution in [2.24, 2.45) is 0 Å². The van der Waals surface area contributed by atoms with E-state index in [1.54, 1.807) is 12.1 Å². The van der Waals surface area contributed by atoms with Crippen molar-refractivity contribution in [2.45, 2.75) is 39.2 Å². The zero-order valence-corrected chi connectivity index (χ0v) is 13.5. The first-order chi connectivity index (χ1) is 9.84. The largest absolute Gasteiger partial charge is 0.309 e. The van der Waals surface area contributed by atoms with Gasteiger partial charge in [-0.2, -0.15) is 0 Å². The maximum atomic E-state index is 14.3. The maximum Gasteiger partial charge on any atom is 0.128 e. The van der Waals surface area contributed by atoms with Crippen molar-refractivity contribution in [3.05, 3.63) is 70.5 Å². The van der Waals surface area contributed by atoms with Crippen LogP contribution in [0.15, 0.2) is 42.5 Å². The van der Waals surface area contributed by atoms with E-state index in [0.717, 1.165) is 11.1 Å². The summed E-state index contributed by atoms with van der Waals surface area (Å²) in [6.45, 7) is 8.55. The van der Waals surface area contributed by atoms with Gasteiger partial charge in [0.15, 0.2) is 0 Å². The lowest BCUT2D eigenvalue weighted by Gasteiger charge is -2.28. The SMILES string of the molecule is CNC(c1cc(C)ccc1F)c1ccccc1C(C)(C)C. The molecular weight excluding hydrogens is 261 g/mol. The van der Waals surface area contributed by atoms with E-state index in [0.29, 0.717) is 5.56 Å². The molecule has 1 unspecified atom stereocenters. The molecule has 1 atom stereocenters. The second-order valence-electron chi connectivity index (χ2n) is 6.58. The number of aryl methyl sites for hydroxylation is 1. The smallest absolute Gasteiger partial charge is 0.128 e. The van der Waals surface area contributed by atoms with E-state index >= 15 is 0 Å². The first kappa shape index (κ1) is 15.7. The van der Waals surface area contributed by atoms with Gasteiger partial charge in [0.2, 0.25) is 0 Å². The molecule has 0 spiro atoms. The highest BCUT2D eigenvalue weighted by molar-refractivity contribution is 5.42. The molecule has 21 heavy (non-hydrogen) atoms. The highest BCUT2D eigenvalue weighted by atomic mass is 19.1. The summed E-state index contributed by atoms with van der Waals surface area (Å²) in [4.78, 5) is 0. The molecule has 0 aliphatic heterocycles. The fourth-order valence-corrected chi connectivity index (χ4v) is 2.79. The number of rotatable bonds is 3. The van der Waals surface area contributed by atoms with Crippen LogP contribution in [-0.2, 0) is 5.41 Å². The van der Waals surface area contributed by atoms with Crippen LogP contribution in [0.4, 0.5) is 4.39 Å². The second-order valence-corrected chi connectivity index (χ2v) is 6.58. The third-order valence-corrected chi connectivity index (χ3v) is 3.83. The van der Waals surface area contributed by atoms with Gasteiger partial charge in [-0.05, 0) is 36.6 Å². The van der Waals surface area contributed by atoms with E-state index in [4.69, 9.17) is 0 Å². The van der Waals surface area contributed by atoms with Gasteiger partial charge >= 0.3 is 0 Å². The molecule has 1 nitrogen and oxygen atoms in total. The highest BCUT2D eigenvalue weighted by Crippen LogP contribution is 2.33. The van der Waals surface area contributed by atoms with Crippen LogP contribution in [0, 0.1) is 12.7 Å². The van der Waals surface area contributed by atoms with Crippen molar-refractivity contribution in [1.29, 1.82) is 0 Å². The van der Waals surface area contributed by atoms with E-state index in [9.17, 15) is 4.39 Å². The minimum atomic E-state index is -0.163. The summed E-state index contributed by atoms with van der Waals surface area (Å²) in [7, 11) is 1.88. The molecule has 0 bridgehead atoms. The van der Waals surface area contributed by atoms with Crippen molar-refractivity contribution in [1.82, 2.24) is 5.32 Å². The van der Waals surface area contributed by atoms with Crippen LogP contribution in [-0.4, -0.2) is 7.05 Å². The first-order valence-corrected chi connectivity index (χ1v) is 7.37. The molecule has 0 radical (unpaired) electrons. The Morgan fingerprint density at radius 2 is 1.67 bits per heavy atom. The lowest BCUT2D eigenvalue weighted by Crippen LogP contribution is -2.24. The number of halogens is 1. The zero-order chi connectivity index (χ0) is 15.6. The summed E-state index contributed by atoms with van der Waals surface area (Å²) in [5.41, 5.74) is 4.17. The highest BCUT2D eigenvalue weighted by Gasteiger charge is 2.24. The molecule has 0 saturated heterocycles. The molecule has 0 amide bonds. The van der Waals surface area contributed by atoms with Gasteiger partial charge in [0.25, 0.3) is 0 Å². The summed E-state index contributed by atoms with van der Waals surface area (Å²) in [6.07, 6.45) is 0. The molecule has 2 aromatic carbocycles. The van der Waals surface area contributed by atoms with Gasteiger partial charge < -0.3 is 5.32 Å². The van der Waals surface area contributed by atoms with Gasteiger partial charge in [0.1, 0.15) is 5.82 Å². The fraction of sp³-hybridized carbons (Fsp3) is 0.368. The van der Waals surface area contributed by atoms with Gasteiger partial charge in [-0.15, -0.1) is 0 Å². The van der Waals surface area contributed by atoms with Crippen LogP contribution in [0.3, 0.4) is 0 Å². The number of nitrogens with one attached hydrogen (secondary N) is 1. The Morgan fingerprint density at radius 3 is 2.29 bits per heavy atom. The van der Waals surface area contributed by atoms with E-state index in [-0.39, 0.29) is 17.3 Å². The number of hydrogen-bond acceptors (Lipinski definition) is 1. The minimum absolute atomic E-state index is 0.0198. The van der Waals surface area contributed by atoms with Crippen LogP contribution in [0.1, 0.15) is 49.1 Å². The molecule has 0 saturated carbocycles. The van der Waals surface area contributed by atoms with Crippen molar-refractivity contribution >= 4 is 0 Å². The van der Waals surface area contributed by atoms with E-state index < -0.39 is 0 Å². The van der Waals surface area contributed by atoms with Gasteiger partial charge in [-0.1, -0.05) is 62.7 Å². The summed E-state index contributed by atoms with van der Waals surface area (Å²) in [5, 5.41) is 3.28. The van der Waals surface area contributed by atoms with E-state index in [1.165, 1.54) is 5.56 Å². The monoisotopic (exact) mass is 285 g/mol. The zero-order valence-electron chi connectivity index (χ0n) is 13.5. The Labute approximate surface area is 127 Å². The van der Waals surface area contributed by atoms with Crippen LogP contribution in [0.25, 0.3) is 0 Å². The van der Waals surface area contributed by atoms with Gasteiger partial charge in [-0.25, -0.2) is 4.39 Å². The number of hydrogen-bond donors (Lipinski definition) is 1. The van der Waals surface area contributed by atoms with Gasteiger partial charge in [0, 0.05) is 5.56 Å². The lowest BCUT2D eigenvalue weighted by atomic mass is 9.80. The fourth-order valence-electron chi connectivity index (χ4n) is 2.79. The summed E-state index contributed by atoms with van der Waals surface area (Å²) < 4.78 is 14.3. The molecule has 2 heteroatoms. The molecule has 0 aliphatic carbocycles. The van der Waals surface area contributed by atoms with Crippen LogP contribution in [0.5, 0.6) is 0 Å². The average Bonchev–Trinajstić information content (AvgIpc) is 2.43. The van der Waals surface area contributed by atoms with Crippen molar-refractivity contribution in [3.8, 4) is 0 Å². The molecule has 112 valence electrons. The molecule has 0 aromatic heterocycles. The van der Waals surface area contributed by atoms with Crippen LogP contribution >= 0.6 is 0 Å². The van der Waals surface area contributed by atoms with E-state index in [1.807, 2.05) is 32.2 Å². The predicted octanol–water partition coefficient (Wildman–Crippen LogP) is 4.74. The molecule has 1 N–H and O–H groups in total. The molecule has 2 rings (SSSR count). The molecule has 0 heterocycles. The molecular formula is C19H24FN. The Balaban J connectivity index is 2.60. The minimum Gasteiger partial charge on any atom is -0.309 e. The predicted molar refractivity (Wildman–Crippen MR) is 87.2 cm³/mol. The Bertz CT molecular complexity index is 626. The summed E-state index contributed by atoms with van der Waals surface area (Å²) >= 11 is 0. The molecule has 0 aliphatic rings. The van der Waals surface area contributed by atoms with Crippen molar-refractivity contribution in [2.75, 3.05) is 7.05 Å². The third kappa shape index (κ3) is 3.33. The van der Waals surface area contributed by atoms with Crippen LogP contribution < -0.4 is 5.32 Å². The molecule has 0 fully saturated rings. The topological polar surface area (TPSA) is 12.0 Å². The normalized spacial score (nSPS) is 13.2. The quantitative estimate of drug-likeness (QED) is 0.859. The third-order valence-electron chi connectivity index (χ3n) is 3.83. The standard InChI is InChI=1S/C19H24FN/c1-13-10-11-17(20)15(12-13)18(21-5)14-8-6-7-9-16(14)19(2,3)4/h6-12,18,21H,1-5H3. The Kier molecular flexibility index (Phi) is 4.48. The van der Waals surface area contributed by atoms with Crippen LogP contribution in [0.2, 0.25) is 0 Å². The van der Waals surface area contributed by atoms with Crippen molar-refractivity contribution < 1.29 is 4.39 Å². The first-order valence-electron chi connectivity index (χ1n) is 7.37. The van der Waals surface area contributed by atoms with Gasteiger partial charge in [-0.3, -0.25) is 0 Å². The Hall–Kier alpha value is -1.67. The Morgan fingerprint density at radius 1 is 1.00 bits per heavy atom.